The Morgan fingerprint density at radius 3 is 2.95 bits per heavy atom. The Labute approximate surface area is 111 Å². The van der Waals surface area contributed by atoms with Crippen LogP contribution < -0.4 is 4.74 Å². The molecule has 0 spiro atoms. The van der Waals surface area contributed by atoms with E-state index in [2.05, 4.69) is 34.1 Å². The molecule has 0 radical (unpaired) electrons. The Morgan fingerprint density at radius 1 is 1.37 bits per heavy atom. The third-order valence-electron chi connectivity index (χ3n) is 3.22. The first kappa shape index (κ1) is 12.1. The highest BCUT2D eigenvalue weighted by molar-refractivity contribution is 5.64. The summed E-state index contributed by atoms with van der Waals surface area (Å²) >= 11 is 0. The molecule has 0 bridgehead atoms. The standard InChI is InChI=1S/C13H17N5O/c1-8(2)7-18-12-10(16-17-18)5-4-9-6-14-13(19-3)15-11(9)12/h6,8H,4-5,7H2,1-3H3. The molecule has 0 unspecified atom stereocenters. The monoisotopic (exact) mass is 259 g/mol. The van der Waals surface area contributed by atoms with Crippen LogP contribution >= 0.6 is 0 Å². The summed E-state index contributed by atoms with van der Waals surface area (Å²) < 4.78 is 7.07. The number of hydrogen-bond acceptors (Lipinski definition) is 5. The molecular formula is C13H17N5O. The van der Waals surface area contributed by atoms with Gasteiger partial charge < -0.3 is 4.74 Å². The number of fused-ring (bicyclic) bond motifs is 3. The van der Waals surface area contributed by atoms with Crippen molar-refractivity contribution in [3.8, 4) is 17.4 Å². The number of ether oxygens (including phenoxy) is 1. The predicted octanol–water partition coefficient (Wildman–Crippen LogP) is 1.50. The fourth-order valence-corrected chi connectivity index (χ4v) is 2.38. The van der Waals surface area contributed by atoms with Gasteiger partial charge in [0.2, 0.25) is 0 Å². The SMILES string of the molecule is COc1ncc2c(n1)-c1c(nnn1CC(C)C)CC2. The zero-order valence-electron chi connectivity index (χ0n) is 11.4. The largest absolute Gasteiger partial charge is 0.467 e. The third-order valence-corrected chi connectivity index (χ3v) is 3.22. The lowest BCUT2D eigenvalue weighted by atomic mass is 9.97. The van der Waals surface area contributed by atoms with Gasteiger partial charge >= 0.3 is 6.01 Å². The number of aryl methyl sites for hydroxylation is 2. The van der Waals surface area contributed by atoms with Crippen molar-refractivity contribution in [3.63, 3.8) is 0 Å². The number of aromatic nitrogens is 5. The fraction of sp³-hybridized carbons (Fsp3) is 0.538. The van der Waals surface area contributed by atoms with Gasteiger partial charge in [-0.3, -0.25) is 0 Å². The van der Waals surface area contributed by atoms with Crippen LogP contribution in [0.25, 0.3) is 11.4 Å². The number of hydrogen-bond donors (Lipinski definition) is 0. The van der Waals surface area contributed by atoms with Gasteiger partial charge in [-0.25, -0.2) is 9.67 Å². The van der Waals surface area contributed by atoms with E-state index in [9.17, 15) is 0 Å². The van der Waals surface area contributed by atoms with Crippen LogP contribution in [0.5, 0.6) is 6.01 Å². The van der Waals surface area contributed by atoms with Gasteiger partial charge in [0.1, 0.15) is 11.4 Å². The Balaban J connectivity index is 2.12. The lowest BCUT2D eigenvalue weighted by molar-refractivity contribution is 0.379. The first-order valence-corrected chi connectivity index (χ1v) is 6.51. The number of methoxy groups -OCH3 is 1. The third kappa shape index (κ3) is 2.07. The molecule has 2 heterocycles. The molecule has 0 saturated heterocycles. The second-order valence-electron chi connectivity index (χ2n) is 5.19. The molecule has 0 fully saturated rings. The Kier molecular flexibility index (Phi) is 2.93. The lowest BCUT2D eigenvalue weighted by Crippen LogP contribution is -2.13. The first-order chi connectivity index (χ1) is 9.19. The van der Waals surface area contributed by atoms with Gasteiger partial charge in [0.15, 0.2) is 0 Å². The van der Waals surface area contributed by atoms with E-state index in [4.69, 9.17) is 4.74 Å². The van der Waals surface area contributed by atoms with Crippen LogP contribution in [0, 0.1) is 5.92 Å². The van der Waals surface area contributed by atoms with Crippen LogP contribution in [0.4, 0.5) is 0 Å². The summed E-state index contributed by atoms with van der Waals surface area (Å²) in [6.45, 7) is 5.17. The predicted molar refractivity (Wildman–Crippen MR) is 69.8 cm³/mol. The molecule has 2 aromatic rings. The van der Waals surface area contributed by atoms with Crippen molar-refractivity contribution in [2.24, 2.45) is 5.92 Å². The van der Waals surface area contributed by atoms with Crippen LogP contribution in [0.1, 0.15) is 25.1 Å². The van der Waals surface area contributed by atoms with Crippen LogP contribution in [-0.4, -0.2) is 32.1 Å². The van der Waals surface area contributed by atoms with Gasteiger partial charge in [-0.2, -0.15) is 4.98 Å². The van der Waals surface area contributed by atoms with Crippen molar-refractivity contribution in [2.75, 3.05) is 7.11 Å². The first-order valence-electron chi connectivity index (χ1n) is 6.51. The van der Waals surface area contributed by atoms with Gasteiger partial charge in [-0.15, -0.1) is 5.10 Å². The summed E-state index contributed by atoms with van der Waals surface area (Å²) in [7, 11) is 1.58. The second kappa shape index (κ2) is 4.60. The van der Waals surface area contributed by atoms with Gasteiger partial charge in [-0.05, 0) is 24.3 Å². The molecule has 0 amide bonds. The van der Waals surface area contributed by atoms with Crippen molar-refractivity contribution < 1.29 is 4.74 Å². The minimum absolute atomic E-state index is 0.392. The van der Waals surface area contributed by atoms with E-state index in [1.54, 1.807) is 7.11 Å². The van der Waals surface area contributed by atoms with Crippen molar-refractivity contribution in [1.29, 1.82) is 0 Å². The van der Waals surface area contributed by atoms with E-state index < -0.39 is 0 Å². The van der Waals surface area contributed by atoms with E-state index in [0.717, 1.165) is 42.0 Å². The topological polar surface area (TPSA) is 65.7 Å². The van der Waals surface area contributed by atoms with Crippen LogP contribution in [0.15, 0.2) is 6.20 Å². The Morgan fingerprint density at radius 2 is 2.21 bits per heavy atom. The molecule has 0 aromatic carbocycles. The average Bonchev–Trinajstić information content (AvgIpc) is 2.81. The molecule has 6 heteroatoms. The molecule has 2 aromatic heterocycles. The molecule has 100 valence electrons. The summed E-state index contributed by atoms with van der Waals surface area (Å²) in [5.74, 6) is 0.514. The zero-order valence-corrected chi connectivity index (χ0v) is 11.4. The highest BCUT2D eigenvalue weighted by Crippen LogP contribution is 2.31. The maximum atomic E-state index is 5.12. The molecule has 1 aliphatic rings. The fourth-order valence-electron chi connectivity index (χ4n) is 2.38. The molecule has 0 atom stereocenters. The molecule has 1 aliphatic carbocycles. The molecule has 0 aliphatic heterocycles. The lowest BCUT2D eigenvalue weighted by Gasteiger charge is -2.16. The Bertz CT molecular complexity index is 605. The van der Waals surface area contributed by atoms with E-state index in [1.165, 1.54) is 0 Å². The maximum Gasteiger partial charge on any atom is 0.316 e. The summed E-state index contributed by atoms with van der Waals surface area (Å²) in [6.07, 6.45) is 3.65. The smallest absolute Gasteiger partial charge is 0.316 e. The summed E-state index contributed by atoms with van der Waals surface area (Å²) in [6, 6.07) is 0.392. The Hall–Kier alpha value is -1.98. The normalized spacial score (nSPS) is 13.3. The van der Waals surface area contributed by atoms with E-state index in [0.29, 0.717) is 11.9 Å². The number of rotatable bonds is 3. The van der Waals surface area contributed by atoms with Crippen molar-refractivity contribution >= 4 is 0 Å². The van der Waals surface area contributed by atoms with Gasteiger partial charge in [0, 0.05) is 12.7 Å². The molecule has 6 nitrogen and oxygen atoms in total. The van der Waals surface area contributed by atoms with Crippen LogP contribution in [0.3, 0.4) is 0 Å². The van der Waals surface area contributed by atoms with Gasteiger partial charge in [0.05, 0.1) is 12.8 Å². The van der Waals surface area contributed by atoms with Crippen molar-refractivity contribution in [3.05, 3.63) is 17.5 Å². The van der Waals surface area contributed by atoms with E-state index >= 15 is 0 Å². The minimum atomic E-state index is 0.392. The minimum Gasteiger partial charge on any atom is -0.467 e. The summed E-state index contributed by atoms with van der Waals surface area (Å²) in [4.78, 5) is 8.65. The van der Waals surface area contributed by atoms with Crippen LogP contribution in [-0.2, 0) is 19.4 Å². The highest BCUT2D eigenvalue weighted by atomic mass is 16.5. The average molecular weight is 259 g/mol. The van der Waals surface area contributed by atoms with Gasteiger partial charge in [0.25, 0.3) is 0 Å². The van der Waals surface area contributed by atoms with Crippen molar-refractivity contribution in [2.45, 2.75) is 33.2 Å². The van der Waals surface area contributed by atoms with Gasteiger partial charge in [-0.1, -0.05) is 19.1 Å². The zero-order chi connectivity index (χ0) is 13.4. The molecule has 0 N–H and O–H groups in total. The van der Waals surface area contributed by atoms with Crippen molar-refractivity contribution in [1.82, 2.24) is 25.0 Å². The molecular weight excluding hydrogens is 242 g/mol. The highest BCUT2D eigenvalue weighted by Gasteiger charge is 2.25. The molecule has 3 rings (SSSR count). The summed E-state index contributed by atoms with van der Waals surface area (Å²) in [5, 5.41) is 8.53. The van der Waals surface area contributed by atoms with Crippen LogP contribution in [0.2, 0.25) is 0 Å². The van der Waals surface area contributed by atoms with E-state index in [1.807, 2.05) is 10.9 Å². The number of nitrogens with zero attached hydrogens (tertiary/aromatic N) is 5. The van der Waals surface area contributed by atoms with E-state index in [-0.39, 0.29) is 0 Å². The summed E-state index contributed by atoms with van der Waals surface area (Å²) in [5.41, 5.74) is 4.10. The second-order valence-corrected chi connectivity index (χ2v) is 5.19. The molecule has 19 heavy (non-hydrogen) atoms. The maximum absolute atomic E-state index is 5.12. The molecule has 0 saturated carbocycles. The quantitative estimate of drug-likeness (QED) is 0.835.